The topological polar surface area (TPSA) is 20.2 Å². The summed E-state index contributed by atoms with van der Waals surface area (Å²) in [5.74, 6) is 20.5. The Morgan fingerprint density at radius 3 is 2.33 bits per heavy atom. The van der Waals surface area contributed by atoms with E-state index in [0.29, 0.717) is 0 Å². The van der Waals surface area contributed by atoms with Crippen molar-refractivity contribution < 1.29 is 5.11 Å². The number of allylic oxidation sites excluding steroid dienone is 1. The molecule has 0 saturated heterocycles. The molecule has 1 unspecified atom stereocenters. The highest BCUT2D eigenvalue weighted by molar-refractivity contribution is 6.21. The molecule has 0 aliphatic rings. The molecule has 2 heteroatoms. The molecule has 0 aliphatic heterocycles. The van der Waals surface area contributed by atoms with Crippen LogP contribution < -0.4 is 0 Å². The van der Waals surface area contributed by atoms with Gasteiger partial charge in [0, 0.05) is 0 Å². The van der Waals surface area contributed by atoms with Gasteiger partial charge in [-0.2, -0.15) is 0 Å². The minimum atomic E-state index is -0.396. The van der Waals surface area contributed by atoms with Gasteiger partial charge in [0.25, 0.3) is 0 Å². The molecule has 1 nitrogen and oxygen atoms in total. The van der Waals surface area contributed by atoms with E-state index in [0.717, 1.165) is 0 Å². The van der Waals surface area contributed by atoms with Gasteiger partial charge in [0.15, 0.2) is 0 Å². The summed E-state index contributed by atoms with van der Waals surface area (Å²) in [5, 5.41) is 8.17. The van der Waals surface area contributed by atoms with Gasteiger partial charge in [-0.1, -0.05) is 17.9 Å². The van der Waals surface area contributed by atoms with Crippen LogP contribution >= 0.6 is 11.6 Å². The van der Waals surface area contributed by atoms with Crippen molar-refractivity contribution in [1.82, 2.24) is 0 Å². The molecular formula is C13H9ClO. The van der Waals surface area contributed by atoms with E-state index in [4.69, 9.17) is 16.7 Å². The molecule has 0 saturated carbocycles. The average molecular weight is 217 g/mol. The van der Waals surface area contributed by atoms with Crippen LogP contribution in [-0.4, -0.2) is 17.1 Å². The Labute approximate surface area is 95.5 Å². The van der Waals surface area contributed by atoms with Crippen LogP contribution in [0.2, 0.25) is 0 Å². The predicted molar refractivity (Wildman–Crippen MR) is 62.6 cm³/mol. The van der Waals surface area contributed by atoms with Gasteiger partial charge in [0.2, 0.25) is 0 Å². The summed E-state index contributed by atoms with van der Waals surface area (Å²) in [6.45, 7) is 1.60. The van der Waals surface area contributed by atoms with Crippen molar-refractivity contribution >= 4 is 11.6 Å². The number of halogens is 1. The third kappa shape index (κ3) is 10.1. The fourth-order valence-electron chi connectivity index (χ4n) is 0.479. The Kier molecular flexibility index (Phi) is 9.09. The standard InChI is InChI=1S/C13H9ClO/c1-2-3-4-5-6-7-8-9-10-11-13(14)12-15/h10-11,13,15H,12H2,1H3/b11-10+. The fourth-order valence-corrected chi connectivity index (χ4v) is 0.551. The Bertz CT molecular complexity index is 444. The summed E-state index contributed by atoms with van der Waals surface area (Å²) >= 11 is 5.58. The highest BCUT2D eigenvalue weighted by atomic mass is 35.5. The second-order valence-electron chi connectivity index (χ2n) is 2.20. The molecule has 0 bridgehead atoms. The molecular weight excluding hydrogens is 208 g/mol. The predicted octanol–water partition coefficient (Wildman–Crippen LogP) is 1.18. The lowest BCUT2D eigenvalue weighted by molar-refractivity contribution is 0.305. The summed E-state index contributed by atoms with van der Waals surface area (Å²) < 4.78 is 0. The molecule has 0 aromatic rings. The van der Waals surface area contributed by atoms with E-state index in [-0.39, 0.29) is 6.61 Å². The fraction of sp³-hybridized carbons (Fsp3) is 0.231. The summed E-state index contributed by atoms with van der Waals surface area (Å²) in [6, 6.07) is 0. The third-order valence-corrected chi connectivity index (χ3v) is 1.36. The van der Waals surface area contributed by atoms with Crippen LogP contribution in [0.15, 0.2) is 12.2 Å². The molecule has 0 aromatic carbocycles. The molecule has 0 aliphatic carbocycles. The molecule has 0 heterocycles. The minimum Gasteiger partial charge on any atom is -0.395 e. The van der Waals surface area contributed by atoms with Crippen LogP contribution in [0.4, 0.5) is 0 Å². The van der Waals surface area contributed by atoms with Crippen molar-refractivity contribution in [2.45, 2.75) is 12.3 Å². The van der Waals surface area contributed by atoms with Gasteiger partial charge in [0.1, 0.15) is 0 Å². The first-order valence-electron chi connectivity index (χ1n) is 4.15. The number of rotatable bonds is 2. The SMILES string of the molecule is CC#CC#CC#CC#C/C=C/C(Cl)CO. The van der Waals surface area contributed by atoms with Crippen LogP contribution in [0.1, 0.15) is 6.92 Å². The summed E-state index contributed by atoms with van der Waals surface area (Å²) in [5.41, 5.74) is 0. The quantitative estimate of drug-likeness (QED) is 0.543. The van der Waals surface area contributed by atoms with Gasteiger partial charge in [-0.25, -0.2) is 0 Å². The Morgan fingerprint density at radius 2 is 1.73 bits per heavy atom. The van der Waals surface area contributed by atoms with E-state index in [1.54, 1.807) is 19.1 Å². The minimum absolute atomic E-state index is 0.105. The second-order valence-corrected chi connectivity index (χ2v) is 2.76. The van der Waals surface area contributed by atoms with Gasteiger partial charge < -0.3 is 5.11 Å². The van der Waals surface area contributed by atoms with Gasteiger partial charge in [0.05, 0.1) is 12.0 Å². The maximum Gasteiger partial charge on any atom is 0.0756 e. The molecule has 0 aromatic heterocycles. The van der Waals surface area contributed by atoms with Gasteiger partial charge in [-0.3, -0.25) is 0 Å². The van der Waals surface area contributed by atoms with Gasteiger partial charge in [-0.15, -0.1) is 11.6 Å². The van der Waals surface area contributed by atoms with E-state index in [1.165, 1.54) is 0 Å². The number of hydrogen-bond acceptors (Lipinski definition) is 1. The molecule has 0 rings (SSSR count). The van der Waals surface area contributed by atoms with Gasteiger partial charge in [-0.05, 0) is 48.5 Å². The van der Waals surface area contributed by atoms with Crippen LogP contribution in [0.25, 0.3) is 0 Å². The highest BCUT2D eigenvalue weighted by Gasteiger charge is 1.91. The van der Waals surface area contributed by atoms with E-state index >= 15 is 0 Å². The van der Waals surface area contributed by atoms with Crippen LogP contribution in [0.3, 0.4) is 0 Å². The Morgan fingerprint density at radius 1 is 1.13 bits per heavy atom. The van der Waals surface area contributed by atoms with E-state index in [9.17, 15) is 0 Å². The lowest BCUT2D eigenvalue weighted by Crippen LogP contribution is -1.98. The number of aliphatic hydroxyl groups is 1. The van der Waals surface area contributed by atoms with E-state index in [2.05, 4.69) is 47.4 Å². The molecule has 0 fully saturated rings. The normalized spacial score (nSPS) is 9.27. The third-order valence-electron chi connectivity index (χ3n) is 1.07. The lowest BCUT2D eigenvalue weighted by Gasteiger charge is -1.92. The lowest BCUT2D eigenvalue weighted by atomic mass is 10.4. The molecule has 1 N–H and O–H groups in total. The van der Waals surface area contributed by atoms with Crippen molar-refractivity contribution in [3.8, 4) is 47.4 Å². The molecule has 74 valence electrons. The van der Waals surface area contributed by atoms with Crippen molar-refractivity contribution in [3.05, 3.63) is 12.2 Å². The van der Waals surface area contributed by atoms with Crippen LogP contribution in [0, 0.1) is 47.4 Å². The number of hydrogen-bond donors (Lipinski definition) is 1. The Balaban J connectivity index is 4.05. The maximum absolute atomic E-state index is 8.57. The zero-order valence-corrected chi connectivity index (χ0v) is 9.02. The van der Waals surface area contributed by atoms with Crippen molar-refractivity contribution in [2.24, 2.45) is 0 Å². The number of alkyl halides is 1. The Hall–Kier alpha value is -1.77. The maximum atomic E-state index is 8.57. The first kappa shape index (κ1) is 13.2. The zero-order chi connectivity index (χ0) is 11.4. The average Bonchev–Trinajstić information content (AvgIpc) is 2.26. The molecule has 15 heavy (non-hydrogen) atoms. The summed E-state index contributed by atoms with van der Waals surface area (Å²) in [6.07, 6.45) is 3.13. The number of aliphatic hydroxyl groups excluding tert-OH is 1. The molecule has 1 atom stereocenters. The zero-order valence-electron chi connectivity index (χ0n) is 8.26. The first-order valence-corrected chi connectivity index (χ1v) is 4.58. The van der Waals surface area contributed by atoms with Crippen molar-refractivity contribution in [3.63, 3.8) is 0 Å². The summed E-state index contributed by atoms with van der Waals surface area (Å²) in [4.78, 5) is 0. The second kappa shape index (κ2) is 10.3. The smallest absolute Gasteiger partial charge is 0.0756 e. The van der Waals surface area contributed by atoms with Crippen molar-refractivity contribution in [2.75, 3.05) is 6.61 Å². The first-order chi connectivity index (χ1) is 7.31. The van der Waals surface area contributed by atoms with Crippen LogP contribution in [0.5, 0.6) is 0 Å². The molecule has 0 spiro atoms. The monoisotopic (exact) mass is 216 g/mol. The highest BCUT2D eigenvalue weighted by Crippen LogP contribution is 1.94. The van der Waals surface area contributed by atoms with E-state index in [1.807, 2.05) is 0 Å². The summed E-state index contributed by atoms with van der Waals surface area (Å²) in [7, 11) is 0. The largest absolute Gasteiger partial charge is 0.395 e. The van der Waals surface area contributed by atoms with Gasteiger partial charge >= 0.3 is 0 Å². The van der Waals surface area contributed by atoms with Crippen LogP contribution in [-0.2, 0) is 0 Å². The molecule has 0 amide bonds. The van der Waals surface area contributed by atoms with Crippen molar-refractivity contribution in [1.29, 1.82) is 0 Å². The molecule has 0 radical (unpaired) electrons. The van der Waals surface area contributed by atoms with E-state index < -0.39 is 5.38 Å².